The molecular weight excluding hydrogens is 258 g/mol. The molecule has 1 rings (SSSR count). The molecule has 8 heteroatoms. The van der Waals surface area contributed by atoms with Crippen LogP contribution in [-0.4, -0.2) is 31.0 Å². The van der Waals surface area contributed by atoms with Gasteiger partial charge in [-0.2, -0.15) is 5.26 Å². The number of aromatic nitrogens is 1. The van der Waals surface area contributed by atoms with Crippen LogP contribution >= 0.6 is 0 Å². The first-order chi connectivity index (χ1) is 8.47. The number of hydrogen-bond acceptors (Lipinski definition) is 4. The highest BCUT2D eigenvalue weighted by Gasteiger charge is 2.17. The van der Waals surface area contributed by atoms with Crippen LogP contribution in [0.4, 0.5) is 0 Å². The maximum atomic E-state index is 11.7. The summed E-state index contributed by atoms with van der Waals surface area (Å²) in [6.45, 7) is 0.220. The number of rotatable bonds is 7. The molecule has 7 nitrogen and oxygen atoms in total. The Morgan fingerprint density at radius 3 is 2.78 bits per heavy atom. The van der Waals surface area contributed by atoms with Gasteiger partial charge in [-0.25, -0.2) is 17.9 Å². The van der Waals surface area contributed by atoms with E-state index in [1.807, 2.05) is 6.07 Å². The molecule has 0 aliphatic rings. The monoisotopic (exact) mass is 271 g/mol. The average molecular weight is 271 g/mol. The van der Waals surface area contributed by atoms with Gasteiger partial charge in [0.1, 0.15) is 10.6 Å². The molecule has 0 aliphatic heterocycles. The molecule has 1 heterocycles. The summed E-state index contributed by atoms with van der Waals surface area (Å²) in [5.74, 6) is -1.22. The Morgan fingerprint density at radius 1 is 1.50 bits per heavy atom. The second-order valence-electron chi connectivity index (χ2n) is 3.57. The summed E-state index contributed by atoms with van der Waals surface area (Å²) in [6, 6.07) is 3.02. The van der Waals surface area contributed by atoms with Gasteiger partial charge in [0.2, 0.25) is 10.0 Å². The highest BCUT2D eigenvalue weighted by molar-refractivity contribution is 7.89. The van der Waals surface area contributed by atoms with Gasteiger partial charge in [0.05, 0.1) is 6.07 Å². The second-order valence-corrected chi connectivity index (χ2v) is 5.33. The Hall–Kier alpha value is -1.85. The van der Waals surface area contributed by atoms with Crippen molar-refractivity contribution in [3.63, 3.8) is 0 Å². The van der Waals surface area contributed by atoms with E-state index in [1.54, 1.807) is 0 Å². The molecule has 18 heavy (non-hydrogen) atoms. The number of aromatic carboxylic acids is 1. The standard InChI is InChI=1S/C10H13N3O4S/c11-4-2-1-3-5-13-18(16,17)8-6-9(10(14)15)12-7-8/h6-7,12-13H,1-3,5H2,(H,14,15). The van der Waals surface area contributed by atoms with Crippen molar-refractivity contribution in [3.8, 4) is 6.07 Å². The summed E-state index contributed by atoms with van der Waals surface area (Å²) in [6.07, 6.45) is 2.69. The number of H-pyrrole nitrogens is 1. The minimum Gasteiger partial charge on any atom is -0.477 e. The van der Waals surface area contributed by atoms with Gasteiger partial charge in [0, 0.05) is 19.2 Å². The van der Waals surface area contributed by atoms with Gasteiger partial charge in [0.15, 0.2) is 0 Å². The molecule has 1 aromatic rings. The number of nitriles is 1. The third kappa shape index (κ3) is 3.87. The van der Waals surface area contributed by atoms with Gasteiger partial charge in [-0.1, -0.05) is 0 Å². The highest BCUT2D eigenvalue weighted by atomic mass is 32.2. The molecule has 0 spiro atoms. The van der Waals surface area contributed by atoms with Crippen LogP contribution in [0.1, 0.15) is 29.8 Å². The number of sulfonamides is 1. The number of carbonyl (C=O) groups is 1. The molecule has 0 amide bonds. The third-order valence-electron chi connectivity index (χ3n) is 2.20. The average Bonchev–Trinajstić information content (AvgIpc) is 2.78. The van der Waals surface area contributed by atoms with E-state index < -0.39 is 16.0 Å². The molecule has 0 aliphatic carbocycles. The highest BCUT2D eigenvalue weighted by Crippen LogP contribution is 2.10. The van der Waals surface area contributed by atoms with Crippen molar-refractivity contribution in [1.29, 1.82) is 5.26 Å². The Kier molecular flexibility index (Phi) is 4.88. The zero-order valence-corrected chi connectivity index (χ0v) is 10.3. The van der Waals surface area contributed by atoms with E-state index in [0.717, 1.165) is 12.3 Å². The first kappa shape index (κ1) is 14.2. The SMILES string of the molecule is N#CCCCCNS(=O)(=O)c1c[nH]c(C(=O)O)c1. The summed E-state index contributed by atoms with van der Waals surface area (Å²) >= 11 is 0. The van der Waals surface area contributed by atoms with Crippen molar-refractivity contribution in [2.24, 2.45) is 0 Å². The number of hydrogen-bond donors (Lipinski definition) is 3. The largest absolute Gasteiger partial charge is 0.477 e. The lowest BCUT2D eigenvalue weighted by Crippen LogP contribution is -2.24. The lowest BCUT2D eigenvalue weighted by atomic mass is 10.2. The fourth-order valence-electron chi connectivity index (χ4n) is 1.27. The molecule has 0 atom stereocenters. The van der Waals surface area contributed by atoms with Gasteiger partial charge < -0.3 is 10.1 Å². The fraction of sp³-hybridized carbons (Fsp3) is 0.400. The molecule has 0 saturated carbocycles. The predicted octanol–water partition coefficient (Wildman–Crippen LogP) is 0.685. The second kappa shape index (κ2) is 6.18. The summed E-state index contributed by atoms with van der Waals surface area (Å²) < 4.78 is 25.8. The van der Waals surface area contributed by atoms with Gasteiger partial charge in [-0.05, 0) is 18.9 Å². The molecule has 1 aromatic heterocycles. The number of carboxylic acid groups (broad SMARTS) is 1. The zero-order chi connectivity index (χ0) is 13.6. The maximum Gasteiger partial charge on any atom is 0.352 e. The molecule has 0 radical (unpaired) electrons. The molecule has 98 valence electrons. The van der Waals surface area contributed by atoms with Gasteiger partial charge >= 0.3 is 5.97 Å². The van der Waals surface area contributed by atoms with Crippen LogP contribution in [0.25, 0.3) is 0 Å². The number of unbranched alkanes of at least 4 members (excludes halogenated alkanes) is 2. The summed E-state index contributed by atoms with van der Waals surface area (Å²) in [4.78, 5) is 12.8. The first-order valence-electron chi connectivity index (χ1n) is 5.25. The van der Waals surface area contributed by atoms with E-state index in [0.29, 0.717) is 19.3 Å². The number of nitrogens with one attached hydrogen (secondary N) is 2. The summed E-state index contributed by atoms with van der Waals surface area (Å²) in [5, 5.41) is 17.0. The van der Waals surface area contributed by atoms with Crippen molar-refractivity contribution < 1.29 is 18.3 Å². The molecular formula is C10H13N3O4S. The summed E-state index contributed by atoms with van der Waals surface area (Å²) in [7, 11) is -3.69. The lowest BCUT2D eigenvalue weighted by molar-refractivity contribution is 0.0691. The van der Waals surface area contributed by atoms with Crippen LogP contribution in [0.15, 0.2) is 17.2 Å². The fourth-order valence-corrected chi connectivity index (χ4v) is 2.34. The molecule has 0 unspecified atom stereocenters. The van der Waals surface area contributed by atoms with E-state index in [1.165, 1.54) is 0 Å². The first-order valence-corrected chi connectivity index (χ1v) is 6.74. The van der Waals surface area contributed by atoms with Crippen LogP contribution in [-0.2, 0) is 10.0 Å². The van der Waals surface area contributed by atoms with Crippen LogP contribution < -0.4 is 4.72 Å². The van der Waals surface area contributed by atoms with E-state index in [-0.39, 0.29) is 17.1 Å². The van der Waals surface area contributed by atoms with E-state index >= 15 is 0 Å². The maximum absolute atomic E-state index is 11.7. The Balaban J connectivity index is 2.58. The Bertz CT molecular complexity index is 556. The van der Waals surface area contributed by atoms with Crippen LogP contribution in [0.5, 0.6) is 0 Å². The normalized spacial score (nSPS) is 11.1. The quantitative estimate of drug-likeness (QED) is 0.629. The van der Waals surface area contributed by atoms with Crippen LogP contribution in [0.2, 0.25) is 0 Å². The van der Waals surface area contributed by atoms with Crippen LogP contribution in [0, 0.1) is 11.3 Å². The lowest BCUT2D eigenvalue weighted by Gasteiger charge is -2.03. The van der Waals surface area contributed by atoms with Crippen LogP contribution in [0.3, 0.4) is 0 Å². The molecule has 0 aromatic carbocycles. The summed E-state index contributed by atoms with van der Waals surface area (Å²) in [5.41, 5.74) is -0.181. The van der Waals surface area contributed by atoms with Gasteiger partial charge in [-0.3, -0.25) is 0 Å². The smallest absolute Gasteiger partial charge is 0.352 e. The van der Waals surface area contributed by atoms with Crippen molar-refractivity contribution >= 4 is 16.0 Å². The minimum absolute atomic E-state index is 0.111. The number of carboxylic acids is 1. The number of aromatic amines is 1. The minimum atomic E-state index is -3.69. The van der Waals surface area contributed by atoms with Crippen molar-refractivity contribution in [1.82, 2.24) is 9.71 Å². The number of nitrogens with zero attached hydrogens (tertiary/aromatic N) is 1. The topological polar surface area (TPSA) is 123 Å². The van der Waals surface area contributed by atoms with E-state index in [9.17, 15) is 13.2 Å². The predicted molar refractivity (Wildman–Crippen MR) is 62.4 cm³/mol. The zero-order valence-electron chi connectivity index (χ0n) is 9.51. The van der Waals surface area contributed by atoms with E-state index in [4.69, 9.17) is 10.4 Å². The molecule has 0 bridgehead atoms. The van der Waals surface area contributed by atoms with E-state index in [2.05, 4.69) is 9.71 Å². The third-order valence-corrected chi connectivity index (χ3v) is 3.65. The Morgan fingerprint density at radius 2 is 2.22 bits per heavy atom. The Labute approximate surface area is 104 Å². The molecule has 0 fully saturated rings. The van der Waals surface area contributed by atoms with Gasteiger partial charge in [-0.15, -0.1) is 0 Å². The van der Waals surface area contributed by atoms with Crippen molar-refractivity contribution in [3.05, 3.63) is 18.0 Å². The van der Waals surface area contributed by atoms with Crippen molar-refractivity contribution in [2.45, 2.75) is 24.2 Å². The molecule has 0 saturated heterocycles. The molecule has 3 N–H and O–H groups in total. The van der Waals surface area contributed by atoms with Gasteiger partial charge in [0.25, 0.3) is 0 Å². The van der Waals surface area contributed by atoms with Crippen molar-refractivity contribution in [2.75, 3.05) is 6.54 Å².